The van der Waals surface area contributed by atoms with E-state index in [0.717, 1.165) is 38.8 Å². The summed E-state index contributed by atoms with van der Waals surface area (Å²) in [6.45, 7) is 9.61. The highest BCUT2D eigenvalue weighted by atomic mass is 16.3. The topological polar surface area (TPSA) is 43.7 Å². The van der Waals surface area contributed by atoms with Crippen molar-refractivity contribution in [3.63, 3.8) is 0 Å². The molecule has 5 rings (SSSR count). The van der Waals surface area contributed by atoms with Crippen molar-refractivity contribution in [3.05, 3.63) is 23.1 Å². The minimum Gasteiger partial charge on any atom is -0.510 e. The molecule has 4 aliphatic carbocycles. The molecule has 3 fully saturated rings. The van der Waals surface area contributed by atoms with Crippen LogP contribution in [0.5, 0.6) is 0 Å². The fourth-order valence-corrected chi connectivity index (χ4v) is 8.12. The molecule has 0 aromatic carbocycles. The molecular weight excluding hydrogens is 334 g/mol. The summed E-state index contributed by atoms with van der Waals surface area (Å²) in [7, 11) is 0. The first kappa shape index (κ1) is 18.1. The van der Waals surface area contributed by atoms with Crippen LogP contribution in [-0.2, 0) is 0 Å². The van der Waals surface area contributed by atoms with Crippen LogP contribution in [0.2, 0.25) is 0 Å². The molecule has 0 amide bonds. The zero-order valence-electron chi connectivity index (χ0n) is 17.4. The third-order valence-electron chi connectivity index (χ3n) is 9.45. The maximum Gasteiger partial charge on any atom is 0.112 e. The van der Waals surface area contributed by atoms with E-state index in [1.54, 1.807) is 0 Å². The van der Waals surface area contributed by atoms with Gasteiger partial charge in [-0.2, -0.15) is 0 Å². The van der Waals surface area contributed by atoms with E-state index in [0.29, 0.717) is 29.4 Å². The molecule has 27 heavy (non-hydrogen) atoms. The van der Waals surface area contributed by atoms with Crippen LogP contribution < -0.4 is 0 Å². The quantitative estimate of drug-likeness (QED) is 0.635. The number of nitrogens with zero attached hydrogens (tertiary/aromatic N) is 1. The zero-order chi connectivity index (χ0) is 19.0. The lowest BCUT2D eigenvalue weighted by Gasteiger charge is -2.59. The normalized spacial score (nSPS) is 49.6. The molecule has 150 valence electrons. The summed E-state index contributed by atoms with van der Waals surface area (Å²) >= 11 is 0. The summed E-state index contributed by atoms with van der Waals surface area (Å²) in [6, 6.07) is 0. The lowest BCUT2D eigenvalue weighted by Crippen LogP contribution is -2.53. The summed E-state index contributed by atoms with van der Waals surface area (Å²) in [5.74, 6) is 3.21. The Morgan fingerprint density at radius 1 is 1.00 bits per heavy atom. The maximum absolute atomic E-state index is 11.0. The summed E-state index contributed by atoms with van der Waals surface area (Å²) in [5.41, 5.74) is 3.27. The summed E-state index contributed by atoms with van der Waals surface area (Å²) in [6.07, 6.45) is 11.3. The second-order valence-electron chi connectivity index (χ2n) is 10.8. The second-order valence-corrected chi connectivity index (χ2v) is 10.8. The largest absolute Gasteiger partial charge is 0.510 e. The van der Waals surface area contributed by atoms with Crippen LogP contribution in [0.25, 0.3) is 0 Å². The van der Waals surface area contributed by atoms with Gasteiger partial charge >= 0.3 is 0 Å². The molecule has 1 saturated heterocycles. The van der Waals surface area contributed by atoms with Gasteiger partial charge in [0.1, 0.15) is 5.76 Å². The highest BCUT2D eigenvalue weighted by Gasteiger charge is 2.60. The van der Waals surface area contributed by atoms with Crippen molar-refractivity contribution in [2.24, 2.45) is 34.5 Å². The van der Waals surface area contributed by atoms with E-state index in [1.165, 1.54) is 37.0 Å². The molecule has 1 aliphatic heterocycles. The molecule has 5 aliphatic rings. The molecule has 3 nitrogen and oxygen atoms in total. The van der Waals surface area contributed by atoms with Crippen molar-refractivity contribution < 1.29 is 10.2 Å². The standard InChI is InChI=1S/C24H37NO2/c1-15-12-16-13-17(26)6-8-23(16,2)18-7-9-24(3)19(21(15)18)14-20(27)22(24)25-10-4-5-11-25/h12,15,17-19,21,26-27H,4-11,13-14H2,1-3H3/t15?,17?,18-,19+,21-,23+,24+/m1/s1. The van der Waals surface area contributed by atoms with Gasteiger partial charge in [0.2, 0.25) is 0 Å². The van der Waals surface area contributed by atoms with Gasteiger partial charge in [-0.05, 0) is 74.0 Å². The Morgan fingerprint density at radius 3 is 2.44 bits per heavy atom. The van der Waals surface area contributed by atoms with Crippen molar-refractivity contribution in [2.45, 2.75) is 78.2 Å². The van der Waals surface area contributed by atoms with E-state index < -0.39 is 0 Å². The average molecular weight is 372 g/mol. The molecule has 1 heterocycles. The van der Waals surface area contributed by atoms with Gasteiger partial charge < -0.3 is 15.1 Å². The van der Waals surface area contributed by atoms with Gasteiger partial charge in [-0.3, -0.25) is 0 Å². The summed E-state index contributed by atoms with van der Waals surface area (Å²) < 4.78 is 0. The van der Waals surface area contributed by atoms with Crippen LogP contribution >= 0.6 is 0 Å². The Bertz CT molecular complexity index is 690. The highest BCUT2D eigenvalue weighted by molar-refractivity contribution is 5.32. The van der Waals surface area contributed by atoms with Crippen LogP contribution in [-0.4, -0.2) is 34.3 Å². The van der Waals surface area contributed by atoms with Gasteiger partial charge in [0.05, 0.1) is 11.8 Å². The van der Waals surface area contributed by atoms with E-state index in [-0.39, 0.29) is 16.9 Å². The monoisotopic (exact) mass is 371 g/mol. The van der Waals surface area contributed by atoms with Crippen LogP contribution in [0, 0.1) is 34.5 Å². The minimum absolute atomic E-state index is 0.138. The lowest BCUT2D eigenvalue weighted by molar-refractivity contribution is -0.0536. The fourth-order valence-electron chi connectivity index (χ4n) is 8.12. The van der Waals surface area contributed by atoms with Crippen molar-refractivity contribution in [1.29, 1.82) is 0 Å². The molecule has 2 N–H and O–H groups in total. The van der Waals surface area contributed by atoms with Crippen LogP contribution in [0.4, 0.5) is 0 Å². The number of rotatable bonds is 1. The van der Waals surface area contributed by atoms with Gasteiger partial charge in [0, 0.05) is 24.9 Å². The van der Waals surface area contributed by atoms with Crippen molar-refractivity contribution in [3.8, 4) is 0 Å². The molecule has 0 aromatic rings. The summed E-state index contributed by atoms with van der Waals surface area (Å²) in [4.78, 5) is 2.52. The van der Waals surface area contributed by atoms with Crippen LogP contribution in [0.15, 0.2) is 23.1 Å². The third-order valence-corrected chi connectivity index (χ3v) is 9.45. The van der Waals surface area contributed by atoms with Gasteiger partial charge in [0.15, 0.2) is 0 Å². The molecular formula is C24H37NO2. The zero-order valence-corrected chi connectivity index (χ0v) is 17.4. The molecule has 2 saturated carbocycles. The Morgan fingerprint density at radius 2 is 1.70 bits per heavy atom. The lowest BCUT2D eigenvalue weighted by atomic mass is 9.46. The third kappa shape index (κ3) is 2.42. The van der Waals surface area contributed by atoms with E-state index >= 15 is 0 Å². The van der Waals surface area contributed by atoms with Crippen molar-refractivity contribution in [2.75, 3.05) is 13.1 Å². The van der Waals surface area contributed by atoms with Gasteiger partial charge in [-0.25, -0.2) is 0 Å². The number of aliphatic hydroxyl groups is 2. The van der Waals surface area contributed by atoms with Crippen molar-refractivity contribution in [1.82, 2.24) is 4.90 Å². The van der Waals surface area contributed by atoms with Crippen LogP contribution in [0.1, 0.15) is 72.1 Å². The van der Waals surface area contributed by atoms with E-state index in [4.69, 9.17) is 0 Å². The molecule has 0 bridgehead atoms. The predicted molar refractivity (Wildman–Crippen MR) is 108 cm³/mol. The number of fused-ring (bicyclic) bond motifs is 5. The number of hydrogen-bond donors (Lipinski definition) is 2. The Hall–Kier alpha value is -0.960. The van der Waals surface area contributed by atoms with Gasteiger partial charge in [0.25, 0.3) is 0 Å². The molecule has 3 heteroatoms. The minimum atomic E-state index is -0.138. The van der Waals surface area contributed by atoms with E-state index in [2.05, 4.69) is 31.7 Å². The van der Waals surface area contributed by atoms with Crippen molar-refractivity contribution >= 4 is 0 Å². The van der Waals surface area contributed by atoms with Crippen LogP contribution in [0.3, 0.4) is 0 Å². The maximum atomic E-state index is 11.0. The number of allylic oxidation sites excluding steroid dienone is 3. The number of hydrogen-bond acceptors (Lipinski definition) is 3. The molecule has 0 spiro atoms. The predicted octanol–water partition coefficient (Wildman–Crippen LogP) is 5.03. The second kappa shape index (κ2) is 6.02. The van der Waals surface area contributed by atoms with E-state index in [9.17, 15) is 10.2 Å². The Kier molecular flexibility index (Phi) is 4.03. The molecule has 0 radical (unpaired) electrons. The van der Waals surface area contributed by atoms with E-state index in [1.807, 2.05) is 0 Å². The highest BCUT2D eigenvalue weighted by Crippen LogP contribution is 2.67. The Labute approximate surface area is 164 Å². The molecule has 7 atom stereocenters. The van der Waals surface area contributed by atoms with Gasteiger partial charge in [-0.1, -0.05) is 32.4 Å². The SMILES string of the molecule is CC1C=C2CC(O)CC[C@]2(C)[C@@H]2CC[C@]3(C)C(N4CCCC4)=C(O)C[C@H]3[C@H]12. The first-order valence-corrected chi connectivity index (χ1v) is 11.4. The Balaban J connectivity index is 1.51. The molecule has 0 aromatic heterocycles. The molecule has 2 unspecified atom stereocenters. The van der Waals surface area contributed by atoms with Gasteiger partial charge in [-0.15, -0.1) is 0 Å². The smallest absolute Gasteiger partial charge is 0.112 e. The summed E-state index contributed by atoms with van der Waals surface area (Å²) in [5, 5.41) is 21.3. The number of likely N-dealkylation sites (tertiary alicyclic amines) is 1. The average Bonchev–Trinajstić information content (AvgIpc) is 3.21. The fraction of sp³-hybridized carbons (Fsp3) is 0.833. The number of aliphatic hydroxyl groups excluding tert-OH is 2. The first-order chi connectivity index (χ1) is 12.8. The first-order valence-electron chi connectivity index (χ1n) is 11.4.